The molecule has 0 heterocycles. The Kier molecular flexibility index (Phi) is 6.20. The smallest absolute Gasteiger partial charge is 0.126 e. The second-order valence-electron chi connectivity index (χ2n) is 2.97. The van der Waals surface area contributed by atoms with Crippen LogP contribution in [0.5, 0.6) is 5.75 Å². The summed E-state index contributed by atoms with van der Waals surface area (Å²) in [7, 11) is 1.43. The van der Waals surface area contributed by atoms with Crippen molar-refractivity contribution in [2.45, 2.75) is 12.5 Å². The first kappa shape index (κ1) is 14.1. The highest BCUT2D eigenvalue weighted by molar-refractivity contribution is 5.85. The van der Waals surface area contributed by atoms with Crippen LogP contribution in [0.4, 0.5) is 8.78 Å². The normalized spacial score (nSPS) is 11.7. The van der Waals surface area contributed by atoms with Crippen molar-refractivity contribution in [3.63, 3.8) is 0 Å². The van der Waals surface area contributed by atoms with Gasteiger partial charge in [0.2, 0.25) is 0 Å². The minimum Gasteiger partial charge on any atom is -0.496 e. The van der Waals surface area contributed by atoms with Crippen LogP contribution in [0.2, 0.25) is 0 Å². The van der Waals surface area contributed by atoms with Crippen molar-refractivity contribution in [2.75, 3.05) is 13.8 Å². The molecule has 0 aliphatic heterocycles. The van der Waals surface area contributed by atoms with E-state index in [9.17, 15) is 8.78 Å². The summed E-state index contributed by atoms with van der Waals surface area (Å²) in [5.41, 5.74) is 6.32. The summed E-state index contributed by atoms with van der Waals surface area (Å²) in [5.74, 6) is -0.0241. The molecule has 0 saturated heterocycles. The Bertz CT molecular complexity index is 309. The second kappa shape index (κ2) is 6.58. The molecule has 15 heavy (non-hydrogen) atoms. The molecule has 0 aliphatic rings. The van der Waals surface area contributed by atoms with E-state index in [1.54, 1.807) is 0 Å². The van der Waals surface area contributed by atoms with Crippen LogP contribution in [0.15, 0.2) is 18.2 Å². The molecule has 86 valence electrons. The fraction of sp³-hybridized carbons (Fsp3) is 0.400. The monoisotopic (exact) mass is 237 g/mol. The average Bonchev–Trinajstić information content (AvgIpc) is 2.17. The molecule has 0 aromatic heterocycles. The van der Waals surface area contributed by atoms with E-state index in [1.807, 2.05) is 0 Å². The number of hydrogen-bond acceptors (Lipinski definition) is 2. The molecule has 0 unspecified atom stereocenters. The van der Waals surface area contributed by atoms with E-state index in [2.05, 4.69) is 0 Å². The molecule has 0 saturated carbocycles. The molecule has 5 heteroatoms. The molecule has 2 N–H and O–H groups in total. The number of nitrogens with two attached hydrogens (primary N) is 1. The van der Waals surface area contributed by atoms with Gasteiger partial charge in [0.1, 0.15) is 11.6 Å². The van der Waals surface area contributed by atoms with Gasteiger partial charge in [-0.1, -0.05) is 6.07 Å². The molecule has 2 nitrogen and oxygen atoms in total. The molecule has 0 bridgehead atoms. The molecule has 1 aromatic carbocycles. The Balaban J connectivity index is 0.00000196. The van der Waals surface area contributed by atoms with Crippen LogP contribution in [-0.4, -0.2) is 13.8 Å². The first-order valence-corrected chi connectivity index (χ1v) is 4.34. The summed E-state index contributed by atoms with van der Waals surface area (Å²) in [6.07, 6.45) is 0.210. The van der Waals surface area contributed by atoms with E-state index in [4.69, 9.17) is 10.5 Å². The van der Waals surface area contributed by atoms with Crippen molar-refractivity contribution in [1.82, 2.24) is 0 Å². The molecular formula is C10H14ClF2NO. The highest BCUT2D eigenvalue weighted by Gasteiger charge is 2.12. The van der Waals surface area contributed by atoms with E-state index in [-0.39, 0.29) is 18.8 Å². The topological polar surface area (TPSA) is 35.2 Å². The molecule has 0 aliphatic carbocycles. The van der Waals surface area contributed by atoms with Gasteiger partial charge >= 0.3 is 0 Å². The quantitative estimate of drug-likeness (QED) is 0.874. The van der Waals surface area contributed by atoms with E-state index in [0.717, 1.165) is 0 Å². The van der Waals surface area contributed by atoms with Crippen LogP contribution in [0.3, 0.4) is 0 Å². The number of halogens is 3. The number of rotatable bonds is 4. The lowest BCUT2D eigenvalue weighted by Crippen LogP contribution is -2.12. The molecular weight excluding hydrogens is 224 g/mol. The Morgan fingerprint density at radius 1 is 1.47 bits per heavy atom. The summed E-state index contributed by atoms with van der Waals surface area (Å²) in [6, 6.07) is 3.60. The van der Waals surface area contributed by atoms with Crippen LogP contribution < -0.4 is 10.5 Å². The molecule has 0 radical (unpaired) electrons. The highest BCUT2D eigenvalue weighted by atomic mass is 35.5. The maximum atomic E-state index is 12.8. The van der Waals surface area contributed by atoms with Gasteiger partial charge in [-0.15, -0.1) is 12.4 Å². The van der Waals surface area contributed by atoms with Gasteiger partial charge in [0.05, 0.1) is 13.8 Å². The predicted molar refractivity (Wildman–Crippen MR) is 57.7 cm³/mol. The number of alkyl halides is 1. The van der Waals surface area contributed by atoms with Crippen LogP contribution in [-0.2, 0) is 0 Å². The number of methoxy groups -OCH3 is 1. The van der Waals surface area contributed by atoms with Crippen LogP contribution >= 0.6 is 12.4 Å². The summed E-state index contributed by atoms with van der Waals surface area (Å²) in [4.78, 5) is 0. The lowest BCUT2D eigenvalue weighted by molar-refractivity contribution is 0.392. The van der Waals surface area contributed by atoms with Gasteiger partial charge in [0.15, 0.2) is 0 Å². The first-order chi connectivity index (χ1) is 6.69. The molecule has 0 fully saturated rings. The number of ether oxygens (including phenoxy) is 1. The third kappa shape index (κ3) is 3.64. The summed E-state index contributed by atoms with van der Waals surface area (Å²) in [5, 5.41) is 0. The van der Waals surface area contributed by atoms with Crippen molar-refractivity contribution in [3.8, 4) is 5.75 Å². The minimum atomic E-state index is -0.498. The van der Waals surface area contributed by atoms with Crippen molar-refractivity contribution >= 4 is 12.4 Å². The first-order valence-electron chi connectivity index (χ1n) is 4.34. The van der Waals surface area contributed by atoms with Crippen LogP contribution in [0.25, 0.3) is 0 Å². The van der Waals surface area contributed by atoms with Crippen molar-refractivity contribution < 1.29 is 13.5 Å². The van der Waals surface area contributed by atoms with Gasteiger partial charge in [-0.2, -0.15) is 0 Å². The maximum absolute atomic E-state index is 12.8. The van der Waals surface area contributed by atoms with E-state index in [1.165, 1.54) is 25.3 Å². The predicted octanol–water partition coefficient (Wildman–Crippen LogP) is 2.62. The maximum Gasteiger partial charge on any atom is 0.126 e. The molecule has 1 rings (SSSR count). The fourth-order valence-electron chi connectivity index (χ4n) is 1.26. The van der Waals surface area contributed by atoms with Crippen LogP contribution in [0.1, 0.15) is 18.0 Å². The molecule has 0 amide bonds. The SMILES string of the molecule is COc1cc(F)ccc1[C@@H](N)CCF.Cl. The highest BCUT2D eigenvalue weighted by Crippen LogP contribution is 2.26. The van der Waals surface area contributed by atoms with Gasteiger partial charge in [-0.3, -0.25) is 4.39 Å². The van der Waals surface area contributed by atoms with Gasteiger partial charge in [-0.25, -0.2) is 4.39 Å². The van der Waals surface area contributed by atoms with E-state index < -0.39 is 18.5 Å². The van der Waals surface area contributed by atoms with Gasteiger partial charge < -0.3 is 10.5 Å². The standard InChI is InChI=1S/C10H13F2NO.ClH/c1-14-10-6-7(12)2-3-8(10)9(13)4-5-11;/h2-3,6,9H,4-5,13H2,1H3;1H/t9-;/m0./s1. The summed E-state index contributed by atoms with van der Waals surface area (Å²) in [6.45, 7) is -0.498. The van der Waals surface area contributed by atoms with Crippen LogP contribution in [0, 0.1) is 5.82 Å². The molecule has 1 atom stereocenters. The lowest BCUT2D eigenvalue weighted by atomic mass is 10.0. The zero-order valence-electron chi connectivity index (χ0n) is 8.37. The summed E-state index contributed by atoms with van der Waals surface area (Å²) >= 11 is 0. The lowest BCUT2D eigenvalue weighted by Gasteiger charge is -2.14. The number of benzene rings is 1. The third-order valence-corrected chi connectivity index (χ3v) is 2.02. The number of hydrogen-bond donors (Lipinski definition) is 1. The van der Waals surface area contributed by atoms with Gasteiger partial charge in [0, 0.05) is 17.7 Å². The van der Waals surface area contributed by atoms with Crippen molar-refractivity contribution in [2.24, 2.45) is 5.73 Å². The van der Waals surface area contributed by atoms with E-state index >= 15 is 0 Å². The third-order valence-electron chi connectivity index (χ3n) is 2.02. The molecule has 0 spiro atoms. The summed E-state index contributed by atoms with van der Waals surface area (Å²) < 4.78 is 29.8. The molecule has 1 aromatic rings. The zero-order valence-corrected chi connectivity index (χ0v) is 9.19. The van der Waals surface area contributed by atoms with E-state index in [0.29, 0.717) is 11.3 Å². The van der Waals surface area contributed by atoms with Gasteiger partial charge in [0.25, 0.3) is 0 Å². The Morgan fingerprint density at radius 2 is 2.13 bits per heavy atom. The minimum absolute atomic E-state index is 0. The van der Waals surface area contributed by atoms with Crippen molar-refractivity contribution in [1.29, 1.82) is 0 Å². The Morgan fingerprint density at radius 3 is 2.67 bits per heavy atom. The van der Waals surface area contributed by atoms with Crippen molar-refractivity contribution in [3.05, 3.63) is 29.6 Å². The Labute approximate surface area is 93.8 Å². The fourth-order valence-corrected chi connectivity index (χ4v) is 1.26. The largest absolute Gasteiger partial charge is 0.496 e. The van der Waals surface area contributed by atoms with Gasteiger partial charge in [-0.05, 0) is 12.5 Å². The zero-order chi connectivity index (χ0) is 10.6. The second-order valence-corrected chi connectivity index (χ2v) is 2.97. The Hall–Kier alpha value is -0.870. The average molecular weight is 238 g/mol.